The van der Waals surface area contributed by atoms with Gasteiger partial charge in [0.1, 0.15) is 0 Å². The van der Waals surface area contributed by atoms with E-state index in [1.165, 1.54) is 0 Å². The van der Waals surface area contributed by atoms with Gasteiger partial charge >= 0.3 is 0 Å². The highest BCUT2D eigenvalue weighted by molar-refractivity contribution is 5.75. The molecule has 0 bridgehead atoms. The summed E-state index contributed by atoms with van der Waals surface area (Å²) < 4.78 is 12.3. The van der Waals surface area contributed by atoms with Crippen LogP contribution in [-0.4, -0.2) is 52.6 Å². The minimum Gasteiger partial charge on any atom is -0.463 e. The van der Waals surface area contributed by atoms with Crippen molar-refractivity contribution in [1.29, 1.82) is 0 Å². The van der Waals surface area contributed by atoms with Gasteiger partial charge < -0.3 is 19.4 Å². The molecule has 30 heavy (non-hydrogen) atoms. The molecule has 7 heteroatoms. The summed E-state index contributed by atoms with van der Waals surface area (Å²) in [7, 11) is 0. The number of fused-ring (bicyclic) bond motifs is 1. The molecule has 2 saturated heterocycles. The van der Waals surface area contributed by atoms with E-state index in [0.29, 0.717) is 37.7 Å². The van der Waals surface area contributed by atoms with E-state index in [2.05, 4.69) is 16.0 Å². The quantitative estimate of drug-likeness (QED) is 0.657. The number of hydrogen-bond donors (Lipinski definition) is 1. The Labute approximate surface area is 175 Å². The molecule has 1 amide bonds. The lowest BCUT2D eigenvalue weighted by Crippen LogP contribution is -2.46. The second-order valence-electron chi connectivity index (χ2n) is 8.12. The lowest BCUT2D eigenvalue weighted by Gasteiger charge is -2.39. The highest BCUT2D eigenvalue weighted by atomic mass is 16.5. The number of ether oxygens (including phenoxy) is 2. The summed E-state index contributed by atoms with van der Waals surface area (Å²) in [5.74, 6) is 1.85. The van der Waals surface area contributed by atoms with Crippen LogP contribution in [0, 0.1) is 0 Å². The van der Waals surface area contributed by atoms with E-state index in [0.717, 1.165) is 54.9 Å². The number of nitrogens with one attached hydrogen (secondary N) is 1. The van der Waals surface area contributed by atoms with Crippen LogP contribution in [0.5, 0.6) is 5.88 Å². The van der Waals surface area contributed by atoms with Crippen molar-refractivity contribution in [3.05, 3.63) is 54.0 Å². The number of likely N-dealkylation sites (tertiary alicyclic amines) is 1. The predicted octanol–water partition coefficient (Wildman–Crippen LogP) is 3.38. The summed E-state index contributed by atoms with van der Waals surface area (Å²) in [4.78, 5) is 26.1. The van der Waals surface area contributed by atoms with Gasteiger partial charge in [0.15, 0.2) is 11.4 Å². The summed E-state index contributed by atoms with van der Waals surface area (Å²) in [5, 5.41) is 0. The fourth-order valence-corrected chi connectivity index (χ4v) is 4.54. The van der Waals surface area contributed by atoms with E-state index in [1.807, 2.05) is 30.3 Å². The number of piperidine rings is 1. The van der Waals surface area contributed by atoms with Crippen LogP contribution in [0.3, 0.4) is 0 Å². The summed E-state index contributed by atoms with van der Waals surface area (Å²) in [6.07, 6.45) is 5.96. The SMILES string of the molecule is O=CN1CCC(Oc2ncccc2C2CCOCC2)(c2nc3ccccc3[nH]2)CC1. The standard InChI is InChI=1S/C23H26N4O3/c28-16-27-12-9-23(10-13-27,22-25-19-5-1-2-6-20(19)26-22)30-21-18(4-3-11-24-21)17-7-14-29-15-8-17/h1-6,11,16-17H,7-10,12-15H2,(H,25,26). The molecule has 2 fully saturated rings. The zero-order chi connectivity index (χ0) is 20.4. The van der Waals surface area contributed by atoms with Crippen LogP contribution in [0.4, 0.5) is 0 Å². The lowest BCUT2D eigenvalue weighted by molar-refractivity contribution is -0.122. The number of benzene rings is 1. The molecule has 0 unspecified atom stereocenters. The first-order valence-electron chi connectivity index (χ1n) is 10.6. The molecule has 2 aliphatic heterocycles. The molecule has 1 N–H and O–H groups in total. The number of rotatable bonds is 5. The minimum atomic E-state index is -0.646. The number of aromatic nitrogens is 3. The fourth-order valence-electron chi connectivity index (χ4n) is 4.54. The Bertz CT molecular complexity index is 987. The van der Waals surface area contributed by atoms with Crippen LogP contribution in [0.25, 0.3) is 11.0 Å². The summed E-state index contributed by atoms with van der Waals surface area (Å²) in [6, 6.07) is 12.1. The molecule has 0 radical (unpaired) electrons. The van der Waals surface area contributed by atoms with Crippen molar-refractivity contribution in [3.8, 4) is 5.88 Å². The molecular formula is C23H26N4O3. The van der Waals surface area contributed by atoms with Crippen LogP contribution < -0.4 is 4.74 Å². The molecule has 0 saturated carbocycles. The number of carbonyl (C=O) groups is 1. The van der Waals surface area contributed by atoms with Crippen LogP contribution >= 0.6 is 0 Å². The van der Waals surface area contributed by atoms with E-state index < -0.39 is 5.60 Å². The molecule has 1 aromatic carbocycles. The highest BCUT2D eigenvalue weighted by Crippen LogP contribution is 2.40. The number of amides is 1. The maximum absolute atomic E-state index is 11.3. The van der Waals surface area contributed by atoms with E-state index in [9.17, 15) is 4.79 Å². The number of pyridine rings is 1. The number of hydrogen-bond acceptors (Lipinski definition) is 5. The molecule has 2 aliphatic rings. The van der Waals surface area contributed by atoms with Gasteiger partial charge in [0, 0.05) is 50.9 Å². The van der Waals surface area contributed by atoms with E-state index in [-0.39, 0.29) is 0 Å². The topological polar surface area (TPSA) is 80.3 Å². The van der Waals surface area contributed by atoms with Crippen molar-refractivity contribution in [1.82, 2.24) is 19.9 Å². The van der Waals surface area contributed by atoms with E-state index in [4.69, 9.17) is 14.5 Å². The van der Waals surface area contributed by atoms with Crippen molar-refractivity contribution in [3.63, 3.8) is 0 Å². The summed E-state index contributed by atoms with van der Waals surface area (Å²) in [5.41, 5.74) is 2.39. The predicted molar refractivity (Wildman–Crippen MR) is 112 cm³/mol. The van der Waals surface area contributed by atoms with Crippen LogP contribution in [0.15, 0.2) is 42.6 Å². The second-order valence-corrected chi connectivity index (χ2v) is 8.12. The maximum Gasteiger partial charge on any atom is 0.217 e. The van der Waals surface area contributed by atoms with Gasteiger partial charge in [-0.1, -0.05) is 18.2 Å². The van der Waals surface area contributed by atoms with Gasteiger partial charge in [0.25, 0.3) is 0 Å². The number of aromatic amines is 1. The Hall–Kier alpha value is -2.93. The second kappa shape index (κ2) is 8.07. The molecule has 5 rings (SSSR count). The van der Waals surface area contributed by atoms with Crippen molar-refractivity contribution in [2.24, 2.45) is 0 Å². The van der Waals surface area contributed by atoms with Crippen molar-refractivity contribution >= 4 is 17.4 Å². The number of para-hydroxylation sites is 2. The first kappa shape index (κ1) is 19.1. The van der Waals surface area contributed by atoms with Gasteiger partial charge in [-0.2, -0.15) is 0 Å². The van der Waals surface area contributed by atoms with E-state index in [1.54, 1.807) is 11.1 Å². The maximum atomic E-state index is 11.3. The zero-order valence-corrected chi connectivity index (χ0v) is 16.9. The zero-order valence-electron chi connectivity index (χ0n) is 16.9. The van der Waals surface area contributed by atoms with Crippen molar-refractivity contribution < 1.29 is 14.3 Å². The third-order valence-corrected chi connectivity index (χ3v) is 6.33. The molecule has 2 aromatic heterocycles. The van der Waals surface area contributed by atoms with Crippen LogP contribution in [0.2, 0.25) is 0 Å². The van der Waals surface area contributed by atoms with Crippen LogP contribution in [-0.2, 0) is 15.1 Å². The largest absolute Gasteiger partial charge is 0.463 e. The Balaban J connectivity index is 1.53. The normalized spacial score (nSPS) is 19.7. The average Bonchev–Trinajstić information content (AvgIpc) is 3.26. The third kappa shape index (κ3) is 3.54. The van der Waals surface area contributed by atoms with Gasteiger partial charge in [0.2, 0.25) is 12.3 Å². The molecule has 156 valence electrons. The first-order valence-corrected chi connectivity index (χ1v) is 10.6. The monoisotopic (exact) mass is 406 g/mol. The smallest absolute Gasteiger partial charge is 0.217 e. The van der Waals surface area contributed by atoms with Gasteiger partial charge in [-0.3, -0.25) is 4.79 Å². The number of nitrogens with zero attached hydrogens (tertiary/aromatic N) is 3. The minimum absolute atomic E-state index is 0.380. The van der Waals surface area contributed by atoms with E-state index >= 15 is 0 Å². The Morgan fingerprint density at radius 3 is 2.70 bits per heavy atom. The Morgan fingerprint density at radius 2 is 1.93 bits per heavy atom. The molecular weight excluding hydrogens is 380 g/mol. The summed E-state index contributed by atoms with van der Waals surface area (Å²) >= 11 is 0. The highest BCUT2D eigenvalue weighted by Gasteiger charge is 2.42. The Morgan fingerprint density at radius 1 is 1.13 bits per heavy atom. The average molecular weight is 406 g/mol. The lowest BCUT2D eigenvalue weighted by atomic mass is 9.89. The van der Waals surface area contributed by atoms with Gasteiger partial charge in [-0.05, 0) is 37.0 Å². The van der Waals surface area contributed by atoms with Gasteiger partial charge in [-0.25, -0.2) is 9.97 Å². The molecule has 7 nitrogen and oxygen atoms in total. The molecule has 0 aliphatic carbocycles. The number of carbonyl (C=O) groups excluding carboxylic acids is 1. The molecule has 0 atom stereocenters. The summed E-state index contributed by atoms with van der Waals surface area (Å²) in [6.45, 7) is 2.78. The molecule has 0 spiro atoms. The molecule has 4 heterocycles. The Kier molecular flexibility index (Phi) is 5.12. The van der Waals surface area contributed by atoms with Gasteiger partial charge in [-0.15, -0.1) is 0 Å². The fraction of sp³-hybridized carbons (Fsp3) is 0.435. The van der Waals surface area contributed by atoms with Gasteiger partial charge in [0.05, 0.1) is 11.0 Å². The first-order chi connectivity index (χ1) is 14.8. The number of H-pyrrole nitrogens is 1. The van der Waals surface area contributed by atoms with Crippen LogP contribution in [0.1, 0.15) is 43.0 Å². The number of imidazole rings is 1. The van der Waals surface area contributed by atoms with Crippen molar-refractivity contribution in [2.75, 3.05) is 26.3 Å². The third-order valence-electron chi connectivity index (χ3n) is 6.33. The molecule has 3 aromatic rings. The van der Waals surface area contributed by atoms with Crippen molar-refractivity contribution in [2.45, 2.75) is 37.2 Å².